The van der Waals surface area contributed by atoms with Crippen molar-refractivity contribution in [2.24, 2.45) is 0 Å². The Morgan fingerprint density at radius 1 is 1.26 bits per heavy atom. The van der Waals surface area contributed by atoms with E-state index in [0.717, 1.165) is 5.56 Å². The molecule has 0 fully saturated rings. The van der Waals surface area contributed by atoms with Crippen molar-refractivity contribution in [2.45, 2.75) is 13.3 Å². The zero-order valence-corrected chi connectivity index (χ0v) is 12.4. The lowest BCUT2D eigenvalue weighted by atomic mass is 10.1. The van der Waals surface area contributed by atoms with Crippen LogP contribution in [0.2, 0.25) is 0 Å². The van der Waals surface area contributed by atoms with Crippen molar-refractivity contribution in [1.82, 2.24) is 9.97 Å². The largest absolute Gasteiger partial charge is 0.481 e. The first-order valence-corrected chi connectivity index (χ1v) is 6.87. The Bertz CT molecular complexity index is 821. The Kier molecular flexibility index (Phi) is 5.19. The number of aromatic amines is 1. The molecule has 2 N–H and O–H groups in total. The van der Waals surface area contributed by atoms with Crippen LogP contribution in [-0.4, -0.2) is 21.0 Å². The molecule has 0 bridgehead atoms. The van der Waals surface area contributed by atoms with E-state index in [1.807, 2.05) is 0 Å². The van der Waals surface area contributed by atoms with Crippen LogP contribution in [0, 0.1) is 12.7 Å². The van der Waals surface area contributed by atoms with E-state index in [-0.39, 0.29) is 17.8 Å². The summed E-state index contributed by atoms with van der Waals surface area (Å²) >= 11 is 0. The molecule has 0 atom stereocenters. The van der Waals surface area contributed by atoms with Crippen LogP contribution in [-0.2, 0) is 11.2 Å². The quantitative estimate of drug-likeness (QED) is 0.831. The molecular weight excluding hydrogens is 299 g/mol. The van der Waals surface area contributed by atoms with Crippen LogP contribution < -0.4 is 5.56 Å². The fraction of sp³-hybridized carbons (Fsp3) is 0.118. The molecule has 23 heavy (non-hydrogen) atoms. The smallest absolute Gasteiger partial charge is 0.308 e. The van der Waals surface area contributed by atoms with Crippen LogP contribution in [0.15, 0.2) is 41.2 Å². The number of carboxylic acids is 1. The van der Waals surface area contributed by atoms with Gasteiger partial charge < -0.3 is 10.1 Å². The molecule has 0 spiro atoms. The van der Waals surface area contributed by atoms with Crippen LogP contribution in [0.5, 0.6) is 0 Å². The van der Waals surface area contributed by atoms with Gasteiger partial charge in [-0.1, -0.05) is 30.4 Å². The van der Waals surface area contributed by atoms with Gasteiger partial charge in [-0.2, -0.15) is 0 Å². The topological polar surface area (TPSA) is 83.0 Å². The molecule has 2 rings (SSSR count). The van der Waals surface area contributed by atoms with E-state index in [1.54, 1.807) is 43.4 Å². The highest BCUT2D eigenvalue weighted by atomic mass is 19.1. The summed E-state index contributed by atoms with van der Waals surface area (Å²) < 4.78 is 12.8. The lowest BCUT2D eigenvalue weighted by molar-refractivity contribution is -0.136. The standard InChI is InChI=1S/C17H15FN2O3/c1-11-14(10-16(21)22)17(23)20-15(19-11)5-3-2-4-12-6-8-13(18)9-7-12/h2-9H,10H2,1H3,(H,21,22)(H,19,20,23). The Labute approximate surface area is 131 Å². The SMILES string of the molecule is Cc1nc(C=CC=Cc2ccc(F)cc2)[nH]c(=O)c1CC(=O)O. The Balaban J connectivity index is 2.12. The molecule has 0 unspecified atom stereocenters. The van der Waals surface area contributed by atoms with Crippen molar-refractivity contribution < 1.29 is 14.3 Å². The third-order valence-corrected chi connectivity index (χ3v) is 3.09. The summed E-state index contributed by atoms with van der Waals surface area (Å²) in [6.45, 7) is 1.60. The van der Waals surface area contributed by atoms with Gasteiger partial charge in [-0.25, -0.2) is 9.37 Å². The number of hydrogen-bond donors (Lipinski definition) is 2. The number of aliphatic carboxylic acids is 1. The minimum atomic E-state index is -1.08. The molecule has 0 saturated heterocycles. The minimum absolute atomic E-state index is 0.150. The van der Waals surface area contributed by atoms with Gasteiger partial charge in [-0.05, 0) is 30.7 Å². The average molecular weight is 314 g/mol. The molecule has 5 nitrogen and oxygen atoms in total. The average Bonchev–Trinajstić information content (AvgIpc) is 2.49. The molecule has 6 heteroatoms. The van der Waals surface area contributed by atoms with Crippen LogP contribution in [0.4, 0.5) is 4.39 Å². The van der Waals surface area contributed by atoms with E-state index in [0.29, 0.717) is 11.5 Å². The molecular formula is C17H15FN2O3. The third kappa shape index (κ3) is 4.74. The van der Waals surface area contributed by atoms with E-state index in [4.69, 9.17) is 5.11 Å². The summed E-state index contributed by atoms with van der Waals surface area (Å²) in [6, 6.07) is 6.02. The van der Waals surface area contributed by atoms with Crippen molar-refractivity contribution in [3.8, 4) is 0 Å². The number of hydrogen-bond acceptors (Lipinski definition) is 3. The van der Waals surface area contributed by atoms with Gasteiger partial charge in [0.1, 0.15) is 11.6 Å². The number of rotatable bonds is 5. The van der Waals surface area contributed by atoms with E-state index in [9.17, 15) is 14.0 Å². The Morgan fingerprint density at radius 2 is 1.91 bits per heavy atom. The van der Waals surface area contributed by atoms with Crippen molar-refractivity contribution in [1.29, 1.82) is 0 Å². The number of carbonyl (C=O) groups is 1. The molecule has 0 saturated carbocycles. The fourth-order valence-electron chi connectivity index (χ4n) is 1.96. The molecule has 1 aromatic heterocycles. The van der Waals surface area contributed by atoms with Gasteiger partial charge in [0.05, 0.1) is 6.42 Å². The van der Waals surface area contributed by atoms with Crippen LogP contribution in [0.1, 0.15) is 22.6 Å². The van der Waals surface area contributed by atoms with Crippen LogP contribution >= 0.6 is 0 Å². The first-order valence-electron chi connectivity index (χ1n) is 6.87. The van der Waals surface area contributed by atoms with Gasteiger partial charge in [0.25, 0.3) is 5.56 Å². The van der Waals surface area contributed by atoms with E-state index < -0.39 is 11.5 Å². The molecule has 0 aliphatic heterocycles. The molecule has 1 heterocycles. The minimum Gasteiger partial charge on any atom is -0.481 e. The summed E-state index contributed by atoms with van der Waals surface area (Å²) in [4.78, 5) is 29.2. The Morgan fingerprint density at radius 3 is 2.52 bits per heavy atom. The van der Waals surface area contributed by atoms with E-state index >= 15 is 0 Å². The van der Waals surface area contributed by atoms with Gasteiger partial charge in [0.2, 0.25) is 0 Å². The first-order chi connectivity index (χ1) is 11.0. The Hall–Kier alpha value is -3.02. The highest BCUT2D eigenvalue weighted by molar-refractivity contribution is 5.70. The van der Waals surface area contributed by atoms with Gasteiger partial charge in [-0.15, -0.1) is 0 Å². The maximum absolute atomic E-state index is 12.8. The zero-order valence-electron chi connectivity index (χ0n) is 12.4. The monoisotopic (exact) mass is 314 g/mol. The molecule has 0 aliphatic rings. The normalized spacial score (nSPS) is 11.4. The highest BCUT2D eigenvalue weighted by Crippen LogP contribution is 2.05. The number of aromatic nitrogens is 2. The molecule has 118 valence electrons. The molecule has 2 aromatic rings. The van der Waals surface area contributed by atoms with E-state index in [1.165, 1.54) is 12.1 Å². The second kappa shape index (κ2) is 7.31. The zero-order chi connectivity index (χ0) is 16.8. The maximum Gasteiger partial charge on any atom is 0.308 e. The van der Waals surface area contributed by atoms with Gasteiger partial charge in [0, 0.05) is 11.3 Å². The molecule has 1 aromatic carbocycles. The number of nitrogens with one attached hydrogen (secondary N) is 1. The second-order valence-electron chi connectivity index (χ2n) is 4.86. The highest BCUT2D eigenvalue weighted by Gasteiger charge is 2.10. The van der Waals surface area contributed by atoms with Crippen molar-refractivity contribution in [3.05, 3.63) is 75.2 Å². The number of H-pyrrole nitrogens is 1. The third-order valence-electron chi connectivity index (χ3n) is 3.09. The predicted molar refractivity (Wildman–Crippen MR) is 85.4 cm³/mol. The summed E-state index contributed by atoms with van der Waals surface area (Å²) in [6.07, 6.45) is 6.42. The second-order valence-corrected chi connectivity index (χ2v) is 4.86. The molecule has 0 radical (unpaired) electrons. The number of carboxylic acid groups (broad SMARTS) is 1. The van der Waals surface area contributed by atoms with Crippen molar-refractivity contribution in [2.75, 3.05) is 0 Å². The summed E-state index contributed by atoms with van der Waals surface area (Å²) in [5, 5.41) is 8.76. The lowest BCUT2D eigenvalue weighted by Crippen LogP contribution is -2.20. The lowest BCUT2D eigenvalue weighted by Gasteiger charge is -2.02. The fourth-order valence-corrected chi connectivity index (χ4v) is 1.96. The van der Waals surface area contributed by atoms with E-state index in [2.05, 4.69) is 9.97 Å². The predicted octanol–water partition coefficient (Wildman–Crippen LogP) is 2.57. The van der Waals surface area contributed by atoms with Crippen LogP contribution in [0.3, 0.4) is 0 Å². The maximum atomic E-state index is 12.8. The molecule has 0 aliphatic carbocycles. The summed E-state index contributed by atoms with van der Waals surface area (Å²) in [5.74, 6) is -1.03. The number of aryl methyl sites for hydroxylation is 1. The first kappa shape index (κ1) is 16.4. The van der Waals surface area contributed by atoms with Crippen molar-refractivity contribution in [3.63, 3.8) is 0 Å². The summed E-state index contributed by atoms with van der Waals surface area (Å²) in [7, 11) is 0. The van der Waals surface area contributed by atoms with Gasteiger partial charge >= 0.3 is 5.97 Å². The summed E-state index contributed by atoms with van der Waals surface area (Å²) in [5.41, 5.74) is 0.919. The van der Waals surface area contributed by atoms with Crippen molar-refractivity contribution >= 4 is 18.1 Å². The van der Waals surface area contributed by atoms with Gasteiger partial charge in [0.15, 0.2) is 0 Å². The number of halogens is 1. The van der Waals surface area contributed by atoms with Gasteiger partial charge in [-0.3, -0.25) is 9.59 Å². The number of nitrogens with zero attached hydrogens (tertiary/aromatic N) is 1. The number of allylic oxidation sites excluding steroid dienone is 2. The number of benzene rings is 1. The molecule has 0 amide bonds. The van der Waals surface area contributed by atoms with Crippen LogP contribution in [0.25, 0.3) is 12.2 Å².